The molecular formula is C18H16FN3O3. The number of hydrogen-bond donors (Lipinski definition) is 2. The molecule has 7 heteroatoms. The predicted molar refractivity (Wildman–Crippen MR) is 89.2 cm³/mol. The Morgan fingerprint density at radius 1 is 1.20 bits per heavy atom. The molecule has 0 saturated carbocycles. The lowest BCUT2D eigenvalue weighted by atomic mass is 9.92. The maximum absolute atomic E-state index is 13.9. The van der Waals surface area contributed by atoms with Gasteiger partial charge in [-0.1, -0.05) is 30.3 Å². The topological polar surface area (TPSA) is 92.5 Å². The molecule has 0 aromatic heterocycles. The molecule has 1 unspecified atom stereocenters. The highest BCUT2D eigenvalue weighted by atomic mass is 19.1. The summed E-state index contributed by atoms with van der Waals surface area (Å²) in [7, 11) is 0. The third kappa shape index (κ3) is 2.84. The Bertz CT molecular complexity index is 869. The lowest BCUT2D eigenvalue weighted by Gasteiger charge is -2.22. The molecule has 0 bridgehead atoms. The van der Waals surface area contributed by atoms with Crippen molar-refractivity contribution < 1.29 is 18.8 Å². The van der Waals surface area contributed by atoms with Gasteiger partial charge in [-0.15, -0.1) is 0 Å². The molecule has 1 atom stereocenters. The van der Waals surface area contributed by atoms with Gasteiger partial charge in [-0.05, 0) is 30.7 Å². The molecule has 3 amide bonds. The molecule has 0 spiro atoms. The van der Waals surface area contributed by atoms with Crippen LogP contribution in [-0.2, 0) is 10.3 Å². The summed E-state index contributed by atoms with van der Waals surface area (Å²) in [5, 5.41) is 2.60. The van der Waals surface area contributed by atoms with Gasteiger partial charge in [0.2, 0.25) is 0 Å². The smallest absolute Gasteiger partial charge is 0.325 e. The van der Waals surface area contributed by atoms with Crippen molar-refractivity contribution in [2.75, 3.05) is 12.3 Å². The second-order valence-corrected chi connectivity index (χ2v) is 5.97. The summed E-state index contributed by atoms with van der Waals surface area (Å²) in [5.41, 5.74) is 4.75. The van der Waals surface area contributed by atoms with Gasteiger partial charge in [0.05, 0.1) is 12.1 Å². The largest absolute Gasteiger partial charge is 0.399 e. The fourth-order valence-electron chi connectivity index (χ4n) is 2.79. The minimum atomic E-state index is -1.27. The van der Waals surface area contributed by atoms with E-state index >= 15 is 0 Å². The molecule has 128 valence electrons. The molecule has 1 saturated heterocycles. The van der Waals surface area contributed by atoms with Crippen molar-refractivity contribution in [2.45, 2.75) is 12.5 Å². The molecule has 6 nitrogen and oxygen atoms in total. The van der Waals surface area contributed by atoms with Gasteiger partial charge in [-0.3, -0.25) is 14.5 Å². The van der Waals surface area contributed by atoms with Gasteiger partial charge in [0, 0.05) is 5.69 Å². The van der Waals surface area contributed by atoms with E-state index in [2.05, 4.69) is 5.32 Å². The van der Waals surface area contributed by atoms with E-state index in [4.69, 9.17) is 5.73 Å². The summed E-state index contributed by atoms with van der Waals surface area (Å²) in [6.07, 6.45) is 0. The quantitative estimate of drug-likeness (QED) is 0.506. The van der Waals surface area contributed by atoms with Crippen LogP contribution in [0.1, 0.15) is 22.8 Å². The molecule has 1 aliphatic heterocycles. The van der Waals surface area contributed by atoms with Gasteiger partial charge in [0.25, 0.3) is 5.91 Å². The first kappa shape index (κ1) is 16.6. The normalized spacial score (nSPS) is 19.8. The Morgan fingerprint density at radius 2 is 1.88 bits per heavy atom. The minimum Gasteiger partial charge on any atom is -0.399 e. The fourth-order valence-corrected chi connectivity index (χ4v) is 2.79. The molecule has 25 heavy (non-hydrogen) atoms. The third-order valence-corrected chi connectivity index (χ3v) is 4.22. The van der Waals surface area contributed by atoms with Crippen molar-refractivity contribution in [1.82, 2.24) is 10.2 Å². The van der Waals surface area contributed by atoms with Gasteiger partial charge in [0.15, 0.2) is 5.78 Å². The number of nitrogens with two attached hydrogens (primary N) is 1. The van der Waals surface area contributed by atoms with E-state index in [0.29, 0.717) is 5.56 Å². The number of imide groups is 1. The van der Waals surface area contributed by atoms with Crippen LogP contribution in [0.3, 0.4) is 0 Å². The van der Waals surface area contributed by atoms with Gasteiger partial charge in [0.1, 0.15) is 11.4 Å². The molecule has 3 N–H and O–H groups in total. The van der Waals surface area contributed by atoms with Gasteiger partial charge in [-0.2, -0.15) is 0 Å². The summed E-state index contributed by atoms with van der Waals surface area (Å²) in [4.78, 5) is 38.0. The number of urea groups is 1. The highest BCUT2D eigenvalue weighted by Gasteiger charge is 2.49. The van der Waals surface area contributed by atoms with Crippen molar-refractivity contribution in [3.8, 4) is 0 Å². The second kappa shape index (κ2) is 6.01. The zero-order valence-electron chi connectivity index (χ0n) is 13.5. The third-order valence-electron chi connectivity index (χ3n) is 4.22. The van der Waals surface area contributed by atoms with Crippen LogP contribution in [0.4, 0.5) is 14.9 Å². The second-order valence-electron chi connectivity index (χ2n) is 5.97. The molecule has 2 aromatic rings. The Labute approximate surface area is 143 Å². The van der Waals surface area contributed by atoms with Crippen molar-refractivity contribution in [3.05, 3.63) is 65.5 Å². The monoisotopic (exact) mass is 341 g/mol. The fraction of sp³-hybridized carbons (Fsp3) is 0.167. The zero-order valence-corrected chi connectivity index (χ0v) is 13.5. The Morgan fingerprint density at radius 3 is 2.52 bits per heavy atom. The number of hydrogen-bond acceptors (Lipinski definition) is 4. The number of Topliss-reactive ketones (excluding diaryl/α,β-unsaturated/α-hetero) is 1. The van der Waals surface area contributed by atoms with E-state index in [-0.39, 0.29) is 11.3 Å². The van der Waals surface area contributed by atoms with Crippen LogP contribution in [0, 0.1) is 5.82 Å². The number of carbonyl (C=O) groups is 3. The number of nitrogen functional groups attached to an aromatic ring is 1. The minimum absolute atomic E-state index is 0.181. The van der Waals surface area contributed by atoms with Crippen LogP contribution in [0.5, 0.6) is 0 Å². The van der Waals surface area contributed by atoms with Crippen molar-refractivity contribution in [2.24, 2.45) is 0 Å². The van der Waals surface area contributed by atoms with E-state index in [9.17, 15) is 18.8 Å². The summed E-state index contributed by atoms with van der Waals surface area (Å²) >= 11 is 0. The average Bonchev–Trinajstić information content (AvgIpc) is 2.80. The van der Waals surface area contributed by atoms with Crippen LogP contribution >= 0.6 is 0 Å². The lowest BCUT2D eigenvalue weighted by molar-refractivity contribution is -0.130. The first-order chi connectivity index (χ1) is 11.8. The highest BCUT2D eigenvalue weighted by molar-refractivity contribution is 6.11. The lowest BCUT2D eigenvalue weighted by Crippen LogP contribution is -2.41. The van der Waals surface area contributed by atoms with Crippen LogP contribution in [0.25, 0.3) is 0 Å². The van der Waals surface area contributed by atoms with E-state index in [1.54, 1.807) is 37.3 Å². The maximum Gasteiger partial charge on any atom is 0.325 e. The molecule has 1 heterocycles. The van der Waals surface area contributed by atoms with Gasteiger partial charge >= 0.3 is 6.03 Å². The van der Waals surface area contributed by atoms with Crippen LogP contribution < -0.4 is 11.1 Å². The SMILES string of the molecule is CC1(c2ccccc2)NC(=O)N(CC(=O)c2ccc(N)cc2F)C1=O. The van der Waals surface area contributed by atoms with Crippen molar-refractivity contribution in [3.63, 3.8) is 0 Å². The number of amides is 3. The molecule has 1 aliphatic rings. The molecule has 0 radical (unpaired) electrons. The maximum atomic E-state index is 13.9. The molecule has 2 aromatic carbocycles. The Hall–Kier alpha value is -3.22. The number of anilines is 1. The van der Waals surface area contributed by atoms with E-state index in [1.165, 1.54) is 12.1 Å². The summed E-state index contributed by atoms with van der Waals surface area (Å²) in [6.45, 7) is 1.02. The van der Waals surface area contributed by atoms with E-state index in [0.717, 1.165) is 11.0 Å². The summed E-state index contributed by atoms with van der Waals surface area (Å²) < 4.78 is 13.9. The summed E-state index contributed by atoms with van der Waals surface area (Å²) in [6, 6.07) is 11.7. The number of carbonyl (C=O) groups excluding carboxylic acids is 3. The number of halogens is 1. The van der Waals surface area contributed by atoms with Crippen molar-refractivity contribution in [1.29, 1.82) is 0 Å². The summed E-state index contributed by atoms with van der Waals surface area (Å²) in [5.74, 6) is -2.03. The first-order valence-electron chi connectivity index (χ1n) is 7.61. The molecular weight excluding hydrogens is 325 g/mol. The number of rotatable bonds is 4. The zero-order chi connectivity index (χ0) is 18.2. The van der Waals surface area contributed by atoms with Gasteiger partial charge in [-0.25, -0.2) is 9.18 Å². The number of benzene rings is 2. The molecule has 1 fully saturated rings. The van der Waals surface area contributed by atoms with E-state index < -0.39 is 35.6 Å². The Kier molecular flexibility index (Phi) is 4.00. The molecule has 0 aliphatic carbocycles. The van der Waals surface area contributed by atoms with Crippen molar-refractivity contribution >= 4 is 23.4 Å². The van der Waals surface area contributed by atoms with Gasteiger partial charge < -0.3 is 11.1 Å². The van der Waals surface area contributed by atoms with Crippen LogP contribution in [-0.4, -0.2) is 29.2 Å². The average molecular weight is 341 g/mol. The standard InChI is InChI=1S/C18H16FN3O3/c1-18(11-5-3-2-4-6-11)16(24)22(17(25)21-18)10-15(23)13-8-7-12(20)9-14(13)19/h2-9H,10,20H2,1H3,(H,21,25). The first-order valence-corrected chi connectivity index (χ1v) is 7.61. The Balaban J connectivity index is 1.85. The number of nitrogens with zero attached hydrogens (tertiary/aromatic N) is 1. The van der Waals surface area contributed by atoms with Crippen LogP contribution in [0.2, 0.25) is 0 Å². The van der Waals surface area contributed by atoms with E-state index in [1.807, 2.05) is 0 Å². The van der Waals surface area contributed by atoms with Crippen LogP contribution in [0.15, 0.2) is 48.5 Å². The number of nitrogens with one attached hydrogen (secondary N) is 1. The number of ketones is 1. The molecule has 3 rings (SSSR count). The predicted octanol–water partition coefficient (Wildman–Crippen LogP) is 2.06. The highest BCUT2D eigenvalue weighted by Crippen LogP contribution is 2.28.